The first-order chi connectivity index (χ1) is 10.6. The van der Waals surface area contributed by atoms with Gasteiger partial charge in [0.05, 0.1) is 17.5 Å². The largest absolute Gasteiger partial charge is 0.444 e. The van der Waals surface area contributed by atoms with Crippen LogP contribution in [0.1, 0.15) is 33.4 Å². The molecule has 124 valence electrons. The van der Waals surface area contributed by atoms with Gasteiger partial charge in [0.15, 0.2) is 5.82 Å². The quantitative estimate of drug-likeness (QED) is 0.641. The summed E-state index contributed by atoms with van der Waals surface area (Å²) in [5.74, 6) is -2.48. The molecular formula is C14H13F4N3O2. The molecule has 0 N–H and O–H groups in total. The Hall–Kier alpha value is -2.45. The van der Waals surface area contributed by atoms with E-state index in [1.165, 1.54) is 25.6 Å². The van der Waals surface area contributed by atoms with Crippen molar-refractivity contribution in [3.8, 4) is 0 Å². The molecule has 0 radical (unpaired) electrons. The van der Waals surface area contributed by atoms with E-state index in [0.717, 1.165) is 18.5 Å². The van der Waals surface area contributed by atoms with Gasteiger partial charge in [-0.15, -0.1) is 0 Å². The number of aromatic nitrogens is 3. The molecule has 5 nitrogen and oxygen atoms in total. The summed E-state index contributed by atoms with van der Waals surface area (Å²) in [5, 5.41) is 3.88. The molecule has 0 saturated heterocycles. The predicted molar refractivity (Wildman–Crippen MR) is 71.1 cm³/mol. The summed E-state index contributed by atoms with van der Waals surface area (Å²) in [4.78, 5) is 15.3. The van der Waals surface area contributed by atoms with Gasteiger partial charge in [-0.25, -0.2) is 9.18 Å². The summed E-state index contributed by atoms with van der Waals surface area (Å²) in [6, 6.07) is 0.952. The Morgan fingerprint density at radius 2 is 2.00 bits per heavy atom. The lowest BCUT2D eigenvalue weighted by Gasteiger charge is -2.21. The fourth-order valence-electron chi connectivity index (χ4n) is 2.17. The van der Waals surface area contributed by atoms with E-state index in [1.807, 2.05) is 0 Å². The lowest BCUT2D eigenvalue weighted by atomic mass is 10.1. The van der Waals surface area contributed by atoms with E-state index >= 15 is 0 Å². The van der Waals surface area contributed by atoms with Crippen LogP contribution in [0.4, 0.5) is 17.6 Å². The van der Waals surface area contributed by atoms with E-state index < -0.39 is 29.6 Å². The molecule has 1 atom stereocenters. The highest BCUT2D eigenvalue weighted by atomic mass is 19.4. The molecular weight excluding hydrogens is 318 g/mol. The smallest absolute Gasteiger partial charge is 0.430 e. The minimum absolute atomic E-state index is 0.0790. The number of ether oxygens (including phenoxy) is 1. The molecule has 2 aromatic rings. The van der Waals surface area contributed by atoms with Gasteiger partial charge in [0.2, 0.25) is 6.10 Å². The van der Waals surface area contributed by atoms with Crippen LogP contribution in [0.5, 0.6) is 0 Å². The number of aryl methyl sites for hydroxylation is 2. The van der Waals surface area contributed by atoms with Gasteiger partial charge in [0, 0.05) is 24.5 Å². The monoisotopic (exact) mass is 331 g/mol. The number of esters is 1. The average molecular weight is 331 g/mol. The lowest BCUT2D eigenvalue weighted by molar-refractivity contribution is -0.207. The van der Waals surface area contributed by atoms with Crippen LogP contribution in [-0.4, -0.2) is 26.9 Å². The van der Waals surface area contributed by atoms with Crippen LogP contribution in [0.3, 0.4) is 0 Å². The van der Waals surface area contributed by atoms with Crippen LogP contribution in [0.25, 0.3) is 0 Å². The van der Waals surface area contributed by atoms with Crippen molar-refractivity contribution < 1.29 is 27.1 Å². The van der Waals surface area contributed by atoms with Crippen molar-refractivity contribution in [2.75, 3.05) is 0 Å². The Kier molecular flexibility index (Phi) is 4.39. The van der Waals surface area contributed by atoms with Crippen LogP contribution in [-0.2, 0) is 11.8 Å². The van der Waals surface area contributed by atoms with Gasteiger partial charge >= 0.3 is 12.1 Å². The second kappa shape index (κ2) is 5.98. The molecule has 23 heavy (non-hydrogen) atoms. The van der Waals surface area contributed by atoms with E-state index in [0.29, 0.717) is 0 Å². The van der Waals surface area contributed by atoms with E-state index in [2.05, 4.69) is 14.8 Å². The molecule has 0 amide bonds. The second-order valence-electron chi connectivity index (χ2n) is 4.89. The second-order valence-corrected chi connectivity index (χ2v) is 4.89. The summed E-state index contributed by atoms with van der Waals surface area (Å²) < 4.78 is 59.3. The third-order valence-corrected chi connectivity index (χ3v) is 3.34. The van der Waals surface area contributed by atoms with Crippen molar-refractivity contribution in [3.05, 3.63) is 46.8 Å². The maximum atomic E-state index is 13.5. The zero-order chi connectivity index (χ0) is 17.4. The fraction of sp³-hybridized carbons (Fsp3) is 0.357. The first kappa shape index (κ1) is 16.9. The molecule has 0 aromatic carbocycles. The van der Waals surface area contributed by atoms with Crippen molar-refractivity contribution in [3.63, 3.8) is 0 Å². The van der Waals surface area contributed by atoms with Gasteiger partial charge in [-0.1, -0.05) is 0 Å². The lowest BCUT2D eigenvalue weighted by Crippen LogP contribution is -2.27. The third kappa shape index (κ3) is 3.33. The summed E-state index contributed by atoms with van der Waals surface area (Å²) in [5.41, 5.74) is -0.598. The van der Waals surface area contributed by atoms with E-state index in [1.54, 1.807) is 0 Å². The molecule has 2 aromatic heterocycles. The molecule has 2 rings (SSSR count). The summed E-state index contributed by atoms with van der Waals surface area (Å²) >= 11 is 0. The highest BCUT2D eigenvalue weighted by Crippen LogP contribution is 2.39. The molecule has 2 heterocycles. The first-order valence-electron chi connectivity index (χ1n) is 6.50. The maximum absolute atomic E-state index is 13.5. The van der Waals surface area contributed by atoms with E-state index in [9.17, 15) is 22.4 Å². The van der Waals surface area contributed by atoms with Crippen LogP contribution < -0.4 is 0 Å². The highest BCUT2D eigenvalue weighted by Gasteiger charge is 2.47. The molecule has 0 saturated carbocycles. The molecule has 9 heteroatoms. The van der Waals surface area contributed by atoms with Crippen molar-refractivity contribution in [2.45, 2.75) is 26.1 Å². The molecule has 0 aliphatic carbocycles. The summed E-state index contributed by atoms with van der Waals surface area (Å²) in [7, 11) is 1.48. The standard InChI is InChI=1S/C14H13F4N3O2/c1-7-11(8(2)21(3)20-7)12(14(16,17)18)23-13(22)9-4-5-19-6-10(9)15/h4-6,12H,1-3H3/t12-/m0/s1. The first-order valence-corrected chi connectivity index (χ1v) is 6.50. The minimum Gasteiger partial charge on any atom is -0.444 e. The van der Waals surface area contributed by atoms with Crippen LogP contribution in [0.15, 0.2) is 18.5 Å². The zero-order valence-corrected chi connectivity index (χ0v) is 12.5. The van der Waals surface area contributed by atoms with Gasteiger partial charge in [-0.3, -0.25) is 9.67 Å². The van der Waals surface area contributed by atoms with Gasteiger partial charge < -0.3 is 4.74 Å². The molecule has 0 spiro atoms. The number of hydrogen-bond acceptors (Lipinski definition) is 4. The van der Waals surface area contributed by atoms with Gasteiger partial charge in [-0.05, 0) is 19.9 Å². The highest BCUT2D eigenvalue weighted by molar-refractivity contribution is 5.89. The number of rotatable bonds is 3. The van der Waals surface area contributed by atoms with Gasteiger partial charge in [0.1, 0.15) is 0 Å². The topological polar surface area (TPSA) is 57.0 Å². The Labute approximate surface area is 128 Å². The number of carbonyl (C=O) groups is 1. The summed E-state index contributed by atoms with van der Waals surface area (Å²) in [6.45, 7) is 2.80. The molecule has 0 aliphatic heterocycles. The van der Waals surface area contributed by atoms with Crippen LogP contribution >= 0.6 is 0 Å². The Bertz CT molecular complexity index is 740. The SMILES string of the molecule is Cc1nn(C)c(C)c1[C@H](OC(=O)c1ccncc1F)C(F)(F)F. The zero-order valence-electron chi connectivity index (χ0n) is 12.5. The molecule has 0 unspecified atom stereocenters. The number of pyridine rings is 1. The molecule has 0 aliphatic rings. The minimum atomic E-state index is -4.86. The van der Waals surface area contributed by atoms with E-state index in [4.69, 9.17) is 0 Å². The van der Waals surface area contributed by atoms with Gasteiger partial charge in [-0.2, -0.15) is 18.3 Å². The van der Waals surface area contributed by atoms with E-state index in [-0.39, 0.29) is 17.0 Å². The normalized spacial score (nSPS) is 13.0. The van der Waals surface area contributed by atoms with Crippen LogP contribution in [0.2, 0.25) is 0 Å². The van der Waals surface area contributed by atoms with Gasteiger partial charge in [0.25, 0.3) is 0 Å². The van der Waals surface area contributed by atoms with Crippen molar-refractivity contribution in [1.82, 2.24) is 14.8 Å². The number of carbonyl (C=O) groups excluding carboxylic acids is 1. The Morgan fingerprint density at radius 3 is 2.48 bits per heavy atom. The third-order valence-electron chi connectivity index (χ3n) is 3.34. The summed E-state index contributed by atoms with van der Waals surface area (Å²) in [6.07, 6.45) is -5.59. The number of alkyl halides is 3. The number of halogens is 4. The molecule has 0 bridgehead atoms. The number of hydrogen-bond donors (Lipinski definition) is 0. The average Bonchev–Trinajstić information content (AvgIpc) is 2.69. The van der Waals surface area contributed by atoms with Crippen LogP contribution in [0, 0.1) is 19.7 Å². The van der Waals surface area contributed by atoms with Crippen molar-refractivity contribution in [2.24, 2.45) is 7.05 Å². The van der Waals surface area contributed by atoms with Crippen molar-refractivity contribution >= 4 is 5.97 Å². The Morgan fingerprint density at radius 1 is 1.35 bits per heavy atom. The fourth-order valence-corrected chi connectivity index (χ4v) is 2.17. The molecule has 0 fully saturated rings. The number of nitrogens with zero attached hydrogens (tertiary/aromatic N) is 3. The Balaban J connectivity index is 2.42. The predicted octanol–water partition coefficient (Wildman–Crippen LogP) is 3.03. The van der Waals surface area contributed by atoms with Crippen molar-refractivity contribution in [1.29, 1.82) is 0 Å². The maximum Gasteiger partial charge on any atom is 0.430 e.